The maximum absolute atomic E-state index is 2.50. The molecule has 0 N–H and O–H groups in total. The van der Waals surface area contributed by atoms with Crippen LogP contribution in [0.1, 0.15) is 39.0 Å². The van der Waals surface area contributed by atoms with Crippen molar-refractivity contribution in [3.05, 3.63) is 11.6 Å². The molecule has 0 heterocycles. The van der Waals surface area contributed by atoms with Crippen LogP contribution in [-0.2, 0) is 0 Å². The fraction of sp³-hybridized carbons (Fsp3) is 0.833. The maximum Gasteiger partial charge on any atom is -0.0289 e. The molecule has 12 heavy (non-hydrogen) atoms. The Hall–Kier alpha value is -0.260. The van der Waals surface area contributed by atoms with Crippen LogP contribution in [0.4, 0.5) is 0 Å². The molecule has 3 aliphatic carbocycles. The van der Waals surface area contributed by atoms with Gasteiger partial charge in [0.1, 0.15) is 0 Å². The standard InChI is InChI=1S/C12H18/c1-8-2-5-11-9-3-4-10(7-9)12(11)6-8/h2,9-12H,3-7H2,1H3/t9-,10-,11-,12+/m0/s1. The molecule has 2 bridgehead atoms. The van der Waals surface area contributed by atoms with Crippen molar-refractivity contribution in [1.82, 2.24) is 0 Å². The molecule has 0 amide bonds. The van der Waals surface area contributed by atoms with E-state index in [-0.39, 0.29) is 0 Å². The van der Waals surface area contributed by atoms with Crippen molar-refractivity contribution in [1.29, 1.82) is 0 Å². The Kier molecular flexibility index (Phi) is 1.42. The van der Waals surface area contributed by atoms with Crippen LogP contribution in [0.15, 0.2) is 11.6 Å². The average molecular weight is 162 g/mol. The van der Waals surface area contributed by atoms with Gasteiger partial charge in [-0.1, -0.05) is 11.6 Å². The molecule has 0 unspecified atom stereocenters. The molecule has 0 radical (unpaired) electrons. The number of allylic oxidation sites excluding steroid dienone is 2. The number of fused-ring (bicyclic) bond motifs is 5. The van der Waals surface area contributed by atoms with Crippen LogP contribution >= 0.6 is 0 Å². The summed E-state index contributed by atoms with van der Waals surface area (Å²) in [4.78, 5) is 0. The van der Waals surface area contributed by atoms with Crippen molar-refractivity contribution in [2.75, 3.05) is 0 Å². The molecular formula is C12H18. The van der Waals surface area contributed by atoms with Crippen LogP contribution < -0.4 is 0 Å². The van der Waals surface area contributed by atoms with E-state index in [4.69, 9.17) is 0 Å². The van der Waals surface area contributed by atoms with Crippen molar-refractivity contribution in [3.8, 4) is 0 Å². The van der Waals surface area contributed by atoms with Crippen molar-refractivity contribution in [2.45, 2.75) is 39.0 Å². The Morgan fingerprint density at radius 2 is 1.92 bits per heavy atom. The van der Waals surface area contributed by atoms with Crippen LogP contribution in [0.5, 0.6) is 0 Å². The van der Waals surface area contributed by atoms with Gasteiger partial charge < -0.3 is 0 Å². The predicted molar refractivity (Wildman–Crippen MR) is 50.8 cm³/mol. The first-order chi connectivity index (χ1) is 5.84. The summed E-state index contributed by atoms with van der Waals surface area (Å²) >= 11 is 0. The van der Waals surface area contributed by atoms with Crippen molar-refractivity contribution >= 4 is 0 Å². The third-order valence-corrected chi connectivity index (χ3v) is 4.57. The number of hydrogen-bond acceptors (Lipinski definition) is 0. The van der Waals surface area contributed by atoms with E-state index in [0.717, 1.165) is 23.7 Å². The molecule has 0 aromatic heterocycles. The largest absolute Gasteiger partial charge is 0.0853 e. The van der Waals surface area contributed by atoms with Gasteiger partial charge in [-0.3, -0.25) is 0 Å². The highest BCUT2D eigenvalue weighted by Crippen LogP contribution is 2.56. The van der Waals surface area contributed by atoms with Crippen LogP contribution in [0.3, 0.4) is 0 Å². The summed E-state index contributed by atoms with van der Waals surface area (Å²) in [5.74, 6) is 4.47. The van der Waals surface area contributed by atoms with E-state index >= 15 is 0 Å². The van der Waals surface area contributed by atoms with Gasteiger partial charge in [-0.15, -0.1) is 0 Å². The highest BCUT2D eigenvalue weighted by molar-refractivity contribution is 5.11. The van der Waals surface area contributed by atoms with Crippen molar-refractivity contribution < 1.29 is 0 Å². The van der Waals surface area contributed by atoms with Gasteiger partial charge in [0.15, 0.2) is 0 Å². The second-order valence-electron chi connectivity index (χ2n) is 5.15. The molecular weight excluding hydrogens is 144 g/mol. The zero-order valence-electron chi connectivity index (χ0n) is 7.92. The summed E-state index contributed by atoms with van der Waals surface area (Å²) in [5.41, 5.74) is 1.67. The summed E-state index contributed by atoms with van der Waals surface area (Å²) in [6.07, 6.45) is 10.0. The summed E-state index contributed by atoms with van der Waals surface area (Å²) in [7, 11) is 0. The van der Waals surface area contributed by atoms with E-state index in [0.29, 0.717) is 0 Å². The molecule has 0 saturated heterocycles. The summed E-state index contributed by atoms with van der Waals surface area (Å²) in [6.45, 7) is 2.32. The van der Waals surface area contributed by atoms with Crippen molar-refractivity contribution in [3.63, 3.8) is 0 Å². The summed E-state index contributed by atoms with van der Waals surface area (Å²) in [6, 6.07) is 0. The van der Waals surface area contributed by atoms with E-state index < -0.39 is 0 Å². The molecule has 0 nitrogen and oxygen atoms in total. The van der Waals surface area contributed by atoms with Gasteiger partial charge in [0.2, 0.25) is 0 Å². The van der Waals surface area contributed by atoms with Crippen LogP contribution in [0, 0.1) is 23.7 Å². The monoisotopic (exact) mass is 162 g/mol. The zero-order valence-corrected chi connectivity index (χ0v) is 7.92. The predicted octanol–water partition coefficient (Wildman–Crippen LogP) is 3.39. The topological polar surface area (TPSA) is 0 Å². The quantitative estimate of drug-likeness (QED) is 0.479. The van der Waals surface area contributed by atoms with Crippen molar-refractivity contribution in [2.24, 2.45) is 23.7 Å². The number of hydrogen-bond donors (Lipinski definition) is 0. The fourth-order valence-corrected chi connectivity index (χ4v) is 4.01. The van der Waals surface area contributed by atoms with Gasteiger partial charge in [0, 0.05) is 0 Å². The first kappa shape index (κ1) is 7.17. The minimum absolute atomic E-state index is 1.10. The lowest BCUT2D eigenvalue weighted by molar-refractivity contribution is 0.210. The Balaban J connectivity index is 1.88. The van der Waals surface area contributed by atoms with E-state index in [1.807, 2.05) is 0 Å². The Bertz CT molecular complexity index is 226. The molecule has 0 heteroatoms. The highest BCUT2D eigenvalue weighted by Gasteiger charge is 2.47. The first-order valence-corrected chi connectivity index (χ1v) is 5.50. The highest BCUT2D eigenvalue weighted by atomic mass is 14.5. The average Bonchev–Trinajstić information content (AvgIpc) is 2.63. The Labute approximate surface area is 75.0 Å². The molecule has 4 atom stereocenters. The van der Waals surface area contributed by atoms with E-state index in [1.165, 1.54) is 12.8 Å². The molecule has 2 saturated carbocycles. The SMILES string of the molecule is CC1=CC[C@H]2[C@H]3CC[C@@H](C3)[C@H]2C1. The minimum atomic E-state index is 1.10. The first-order valence-electron chi connectivity index (χ1n) is 5.50. The third kappa shape index (κ3) is 0.841. The third-order valence-electron chi connectivity index (χ3n) is 4.57. The van der Waals surface area contributed by atoms with Gasteiger partial charge in [-0.05, 0) is 62.7 Å². The van der Waals surface area contributed by atoms with Gasteiger partial charge in [0.05, 0.1) is 0 Å². The summed E-state index contributed by atoms with van der Waals surface area (Å²) in [5, 5.41) is 0. The molecule has 0 spiro atoms. The molecule has 3 rings (SSSR count). The molecule has 3 aliphatic rings. The zero-order chi connectivity index (χ0) is 8.13. The lowest BCUT2D eigenvalue weighted by atomic mass is 9.72. The van der Waals surface area contributed by atoms with Gasteiger partial charge in [-0.2, -0.15) is 0 Å². The molecule has 0 aliphatic heterocycles. The second kappa shape index (κ2) is 2.37. The maximum atomic E-state index is 2.50. The normalized spacial score (nSPS) is 50.6. The van der Waals surface area contributed by atoms with E-state index in [1.54, 1.807) is 24.8 Å². The van der Waals surface area contributed by atoms with Gasteiger partial charge in [0.25, 0.3) is 0 Å². The van der Waals surface area contributed by atoms with Gasteiger partial charge in [-0.25, -0.2) is 0 Å². The molecule has 66 valence electrons. The summed E-state index contributed by atoms with van der Waals surface area (Å²) < 4.78 is 0. The van der Waals surface area contributed by atoms with Crippen LogP contribution in [-0.4, -0.2) is 0 Å². The van der Waals surface area contributed by atoms with Crippen LogP contribution in [0.25, 0.3) is 0 Å². The lowest BCUT2D eigenvalue weighted by Crippen LogP contribution is -2.24. The lowest BCUT2D eigenvalue weighted by Gasteiger charge is -2.34. The second-order valence-corrected chi connectivity index (χ2v) is 5.15. The Morgan fingerprint density at radius 3 is 2.75 bits per heavy atom. The van der Waals surface area contributed by atoms with Crippen LogP contribution in [0.2, 0.25) is 0 Å². The number of rotatable bonds is 0. The molecule has 0 aromatic carbocycles. The van der Waals surface area contributed by atoms with E-state index in [2.05, 4.69) is 13.0 Å². The fourth-order valence-electron chi connectivity index (χ4n) is 4.01. The van der Waals surface area contributed by atoms with Gasteiger partial charge >= 0.3 is 0 Å². The molecule has 2 fully saturated rings. The smallest absolute Gasteiger partial charge is 0.0289 e. The van der Waals surface area contributed by atoms with E-state index in [9.17, 15) is 0 Å². The Morgan fingerprint density at radius 1 is 1.17 bits per heavy atom. The molecule has 0 aromatic rings. The minimum Gasteiger partial charge on any atom is -0.0853 e.